The molecular weight excluding hydrogens is 316 g/mol. The van der Waals surface area contributed by atoms with E-state index in [2.05, 4.69) is 5.32 Å². The van der Waals surface area contributed by atoms with Crippen LogP contribution in [0, 0.1) is 5.92 Å². The van der Waals surface area contributed by atoms with Crippen molar-refractivity contribution >= 4 is 11.8 Å². The fourth-order valence-electron chi connectivity index (χ4n) is 4.12. The first-order chi connectivity index (χ1) is 12.1. The van der Waals surface area contributed by atoms with E-state index in [9.17, 15) is 9.59 Å². The molecule has 0 radical (unpaired) electrons. The van der Waals surface area contributed by atoms with Gasteiger partial charge in [-0.15, -0.1) is 0 Å². The number of nitrogens with zero attached hydrogens (tertiary/aromatic N) is 1. The number of hydrogen-bond donors (Lipinski definition) is 1. The van der Waals surface area contributed by atoms with Gasteiger partial charge in [0.15, 0.2) is 0 Å². The SMILES string of the molecule is COc1ccc(C2C(C(=O)NC3CCCCC3)CCC(=O)N2C)cc1. The topological polar surface area (TPSA) is 58.6 Å². The zero-order valence-electron chi connectivity index (χ0n) is 15.2. The van der Waals surface area contributed by atoms with E-state index in [-0.39, 0.29) is 23.8 Å². The lowest BCUT2D eigenvalue weighted by molar-refractivity contribution is -0.142. The summed E-state index contributed by atoms with van der Waals surface area (Å²) in [5.74, 6) is 0.768. The van der Waals surface area contributed by atoms with Crippen molar-refractivity contribution in [2.45, 2.75) is 57.0 Å². The molecule has 2 amide bonds. The van der Waals surface area contributed by atoms with Crippen LogP contribution >= 0.6 is 0 Å². The highest BCUT2D eigenvalue weighted by Crippen LogP contribution is 2.36. The third kappa shape index (κ3) is 3.97. The highest BCUT2D eigenvalue weighted by atomic mass is 16.5. The van der Waals surface area contributed by atoms with E-state index in [1.807, 2.05) is 24.3 Å². The molecule has 1 N–H and O–H groups in total. The lowest BCUT2D eigenvalue weighted by atomic mass is 9.83. The van der Waals surface area contributed by atoms with E-state index in [4.69, 9.17) is 4.74 Å². The summed E-state index contributed by atoms with van der Waals surface area (Å²) < 4.78 is 5.22. The van der Waals surface area contributed by atoms with Crippen molar-refractivity contribution in [2.75, 3.05) is 14.2 Å². The molecule has 0 aromatic heterocycles. The maximum absolute atomic E-state index is 13.0. The molecule has 5 heteroatoms. The minimum atomic E-state index is -0.212. The summed E-state index contributed by atoms with van der Waals surface area (Å²) in [5, 5.41) is 3.24. The average Bonchev–Trinajstić information content (AvgIpc) is 2.64. The standard InChI is InChI=1S/C20H28N2O3/c1-22-18(23)13-12-17(20(24)21-15-6-4-3-5-7-15)19(22)14-8-10-16(25-2)11-9-14/h8-11,15,17,19H,3-7,12-13H2,1-2H3,(H,21,24). The fourth-order valence-corrected chi connectivity index (χ4v) is 4.12. The van der Waals surface area contributed by atoms with Gasteiger partial charge in [-0.05, 0) is 37.0 Å². The Morgan fingerprint density at radius 2 is 1.80 bits per heavy atom. The molecular formula is C20H28N2O3. The summed E-state index contributed by atoms with van der Waals surface area (Å²) in [7, 11) is 3.43. The van der Waals surface area contributed by atoms with Crippen molar-refractivity contribution in [3.8, 4) is 5.75 Å². The van der Waals surface area contributed by atoms with Gasteiger partial charge in [0.2, 0.25) is 11.8 Å². The van der Waals surface area contributed by atoms with E-state index < -0.39 is 0 Å². The van der Waals surface area contributed by atoms with E-state index in [1.165, 1.54) is 19.3 Å². The van der Waals surface area contributed by atoms with Crippen LogP contribution in [0.15, 0.2) is 24.3 Å². The number of piperidine rings is 1. The molecule has 2 unspecified atom stereocenters. The summed E-state index contributed by atoms with van der Waals surface area (Å²) in [6, 6.07) is 7.77. The zero-order chi connectivity index (χ0) is 17.8. The van der Waals surface area contributed by atoms with E-state index >= 15 is 0 Å². The van der Waals surface area contributed by atoms with E-state index in [0.29, 0.717) is 18.9 Å². The van der Waals surface area contributed by atoms with Crippen molar-refractivity contribution < 1.29 is 14.3 Å². The summed E-state index contributed by atoms with van der Waals surface area (Å²) in [6.07, 6.45) is 6.83. The molecule has 136 valence electrons. The van der Waals surface area contributed by atoms with Crippen molar-refractivity contribution in [2.24, 2.45) is 5.92 Å². The Balaban J connectivity index is 1.78. The second-order valence-electron chi connectivity index (χ2n) is 7.21. The maximum Gasteiger partial charge on any atom is 0.225 e. The molecule has 1 aromatic rings. The van der Waals surface area contributed by atoms with Gasteiger partial charge >= 0.3 is 0 Å². The number of methoxy groups -OCH3 is 1. The molecule has 1 saturated heterocycles. The first-order valence-corrected chi connectivity index (χ1v) is 9.30. The minimum absolute atomic E-state index is 0.0899. The third-order valence-electron chi connectivity index (χ3n) is 5.61. The molecule has 1 aliphatic heterocycles. The maximum atomic E-state index is 13.0. The molecule has 5 nitrogen and oxygen atoms in total. The van der Waals surface area contributed by atoms with Gasteiger partial charge in [0, 0.05) is 19.5 Å². The van der Waals surface area contributed by atoms with Crippen LogP contribution in [0.2, 0.25) is 0 Å². The first-order valence-electron chi connectivity index (χ1n) is 9.30. The number of carbonyl (C=O) groups excluding carboxylic acids is 2. The zero-order valence-corrected chi connectivity index (χ0v) is 15.2. The monoisotopic (exact) mass is 344 g/mol. The Labute approximate surface area is 149 Å². The van der Waals surface area contributed by atoms with Crippen LogP contribution in [0.1, 0.15) is 56.6 Å². The Bertz CT molecular complexity index is 608. The fraction of sp³-hybridized carbons (Fsp3) is 0.600. The number of ether oxygens (including phenoxy) is 1. The predicted octanol–water partition coefficient (Wildman–Crippen LogP) is 3.05. The summed E-state index contributed by atoms with van der Waals surface area (Å²) in [4.78, 5) is 26.9. The lowest BCUT2D eigenvalue weighted by Crippen LogP contribution is -2.48. The van der Waals surface area contributed by atoms with Gasteiger partial charge in [0.25, 0.3) is 0 Å². The van der Waals surface area contributed by atoms with Gasteiger partial charge in [-0.1, -0.05) is 31.4 Å². The third-order valence-corrected chi connectivity index (χ3v) is 5.61. The van der Waals surface area contributed by atoms with Crippen LogP contribution in [-0.4, -0.2) is 36.9 Å². The molecule has 1 saturated carbocycles. The van der Waals surface area contributed by atoms with Crippen LogP contribution in [0.3, 0.4) is 0 Å². The minimum Gasteiger partial charge on any atom is -0.497 e. The van der Waals surface area contributed by atoms with Crippen LogP contribution < -0.4 is 10.1 Å². The Kier molecular flexibility index (Phi) is 5.61. The van der Waals surface area contributed by atoms with E-state index in [0.717, 1.165) is 24.2 Å². The summed E-state index contributed by atoms with van der Waals surface area (Å²) in [5.41, 5.74) is 0.986. The number of benzene rings is 1. The van der Waals surface area contributed by atoms with Crippen LogP contribution in [0.4, 0.5) is 0 Å². The average molecular weight is 344 g/mol. The number of carbonyl (C=O) groups is 2. The van der Waals surface area contributed by atoms with Gasteiger partial charge < -0.3 is 15.0 Å². The number of hydrogen-bond acceptors (Lipinski definition) is 3. The van der Waals surface area contributed by atoms with Gasteiger partial charge in [-0.25, -0.2) is 0 Å². The summed E-state index contributed by atoms with van der Waals surface area (Å²) >= 11 is 0. The second-order valence-corrected chi connectivity index (χ2v) is 7.21. The number of amides is 2. The first kappa shape index (κ1) is 17.8. The highest BCUT2D eigenvalue weighted by Gasteiger charge is 2.39. The molecule has 1 aliphatic carbocycles. The molecule has 0 bridgehead atoms. The molecule has 2 fully saturated rings. The molecule has 0 spiro atoms. The van der Waals surface area contributed by atoms with Gasteiger partial charge in [0.1, 0.15) is 5.75 Å². The molecule has 1 heterocycles. The molecule has 1 aromatic carbocycles. The van der Waals surface area contributed by atoms with Crippen molar-refractivity contribution in [3.05, 3.63) is 29.8 Å². The predicted molar refractivity (Wildman–Crippen MR) is 96.2 cm³/mol. The normalized spacial score (nSPS) is 24.9. The van der Waals surface area contributed by atoms with Gasteiger partial charge in [0.05, 0.1) is 19.1 Å². The molecule has 2 atom stereocenters. The van der Waals surface area contributed by atoms with E-state index in [1.54, 1.807) is 19.1 Å². The Morgan fingerprint density at radius 1 is 1.12 bits per heavy atom. The quantitative estimate of drug-likeness (QED) is 0.913. The van der Waals surface area contributed by atoms with Crippen molar-refractivity contribution in [1.29, 1.82) is 0 Å². The highest BCUT2D eigenvalue weighted by molar-refractivity contribution is 5.85. The molecule has 2 aliphatic rings. The van der Waals surface area contributed by atoms with Gasteiger partial charge in [-0.3, -0.25) is 9.59 Å². The number of rotatable bonds is 4. The Hall–Kier alpha value is -2.04. The van der Waals surface area contributed by atoms with Gasteiger partial charge in [-0.2, -0.15) is 0 Å². The van der Waals surface area contributed by atoms with Crippen molar-refractivity contribution in [3.63, 3.8) is 0 Å². The lowest BCUT2D eigenvalue weighted by Gasteiger charge is -2.39. The summed E-state index contributed by atoms with van der Waals surface area (Å²) in [6.45, 7) is 0. The number of nitrogens with one attached hydrogen (secondary N) is 1. The number of likely N-dealkylation sites (tertiary alicyclic amines) is 1. The molecule has 25 heavy (non-hydrogen) atoms. The molecule has 3 rings (SSSR count). The second kappa shape index (κ2) is 7.89. The largest absolute Gasteiger partial charge is 0.497 e. The van der Waals surface area contributed by atoms with Crippen LogP contribution in [0.5, 0.6) is 5.75 Å². The van der Waals surface area contributed by atoms with Crippen molar-refractivity contribution in [1.82, 2.24) is 10.2 Å². The smallest absolute Gasteiger partial charge is 0.225 e. The van der Waals surface area contributed by atoms with Crippen LogP contribution in [0.25, 0.3) is 0 Å². The Morgan fingerprint density at radius 3 is 2.44 bits per heavy atom. The van der Waals surface area contributed by atoms with Crippen LogP contribution in [-0.2, 0) is 9.59 Å².